The number of para-hydroxylation sites is 1. The van der Waals surface area contributed by atoms with Crippen molar-refractivity contribution in [3.8, 4) is 5.69 Å². The molecule has 1 aliphatic rings. The Balaban J connectivity index is 1.20. The molecule has 4 rings (SSSR count). The Hall–Kier alpha value is -2.64. The van der Waals surface area contributed by atoms with E-state index >= 15 is 0 Å². The Morgan fingerprint density at radius 2 is 1.61 bits per heavy atom. The van der Waals surface area contributed by atoms with Gasteiger partial charge < -0.3 is 4.90 Å². The summed E-state index contributed by atoms with van der Waals surface area (Å²) in [6.45, 7) is 6.44. The third-order valence-electron chi connectivity index (χ3n) is 5.55. The molecule has 0 spiro atoms. The minimum absolute atomic E-state index is 0.265. The highest BCUT2D eigenvalue weighted by Crippen LogP contribution is 2.22. The van der Waals surface area contributed by atoms with Crippen LogP contribution in [0.5, 0.6) is 0 Å². The molecule has 0 N–H and O–H groups in total. The standard InChI is InChI=1S/C24H29N5OS/c1-20-25-26-24(29(20)22-11-6-3-7-12-22)31-18-8-13-23(30)28-16-14-27(15-17-28)19-21-9-4-2-5-10-21/h2-7,9-12H,8,13-19H2,1H3. The molecule has 1 aliphatic heterocycles. The summed E-state index contributed by atoms with van der Waals surface area (Å²) >= 11 is 1.66. The van der Waals surface area contributed by atoms with Gasteiger partial charge in [0.15, 0.2) is 5.16 Å². The Morgan fingerprint density at radius 3 is 2.32 bits per heavy atom. The van der Waals surface area contributed by atoms with Crippen molar-refractivity contribution in [2.24, 2.45) is 0 Å². The number of rotatable bonds is 8. The average molecular weight is 436 g/mol. The van der Waals surface area contributed by atoms with E-state index in [0.717, 1.165) is 61.6 Å². The highest BCUT2D eigenvalue weighted by molar-refractivity contribution is 7.99. The number of aryl methyl sites for hydroxylation is 1. The third-order valence-corrected chi connectivity index (χ3v) is 6.56. The number of hydrogen-bond acceptors (Lipinski definition) is 5. The number of hydrogen-bond donors (Lipinski definition) is 0. The van der Waals surface area contributed by atoms with E-state index in [2.05, 4.69) is 56.1 Å². The fourth-order valence-electron chi connectivity index (χ4n) is 3.85. The minimum Gasteiger partial charge on any atom is -0.340 e. The van der Waals surface area contributed by atoms with Crippen LogP contribution in [0.2, 0.25) is 0 Å². The number of piperazine rings is 1. The largest absolute Gasteiger partial charge is 0.340 e. The van der Waals surface area contributed by atoms with Gasteiger partial charge in [-0.15, -0.1) is 10.2 Å². The average Bonchev–Trinajstić information content (AvgIpc) is 3.18. The number of nitrogens with zero attached hydrogens (tertiary/aromatic N) is 5. The zero-order valence-corrected chi connectivity index (χ0v) is 18.8. The zero-order chi connectivity index (χ0) is 21.5. The maximum absolute atomic E-state index is 12.6. The minimum atomic E-state index is 0.265. The highest BCUT2D eigenvalue weighted by Gasteiger charge is 2.21. The van der Waals surface area contributed by atoms with Crippen LogP contribution in [0.1, 0.15) is 24.2 Å². The van der Waals surface area contributed by atoms with Crippen LogP contribution in [0, 0.1) is 6.92 Å². The number of carbonyl (C=O) groups is 1. The topological polar surface area (TPSA) is 54.3 Å². The van der Waals surface area contributed by atoms with Gasteiger partial charge in [-0.05, 0) is 31.0 Å². The first-order chi connectivity index (χ1) is 15.2. The number of aromatic nitrogens is 3. The second-order valence-electron chi connectivity index (χ2n) is 7.80. The van der Waals surface area contributed by atoms with Crippen LogP contribution < -0.4 is 0 Å². The Morgan fingerprint density at radius 1 is 0.935 bits per heavy atom. The van der Waals surface area contributed by atoms with Gasteiger partial charge in [-0.1, -0.05) is 60.3 Å². The zero-order valence-electron chi connectivity index (χ0n) is 18.0. The lowest BCUT2D eigenvalue weighted by Crippen LogP contribution is -2.48. The molecule has 0 aliphatic carbocycles. The van der Waals surface area contributed by atoms with E-state index in [1.807, 2.05) is 36.1 Å². The van der Waals surface area contributed by atoms with E-state index in [4.69, 9.17) is 0 Å². The van der Waals surface area contributed by atoms with E-state index in [-0.39, 0.29) is 5.91 Å². The molecule has 1 aromatic heterocycles. The van der Waals surface area contributed by atoms with E-state index < -0.39 is 0 Å². The highest BCUT2D eigenvalue weighted by atomic mass is 32.2. The van der Waals surface area contributed by atoms with Crippen LogP contribution in [0.4, 0.5) is 0 Å². The van der Waals surface area contributed by atoms with Crippen LogP contribution in [-0.4, -0.2) is 62.4 Å². The summed E-state index contributed by atoms with van der Waals surface area (Å²) < 4.78 is 2.07. The Labute approximate surface area is 188 Å². The maximum atomic E-state index is 12.6. The van der Waals surface area contributed by atoms with Gasteiger partial charge in [0.05, 0.1) is 0 Å². The van der Waals surface area contributed by atoms with Crippen molar-refractivity contribution in [2.75, 3.05) is 31.9 Å². The first kappa shape index (κ1) is 21.6. The van der Waals surface area contributed by atoms with Gasteiger partial charge in [0.2, 0.25) is 5.91 Å². The van der Waals surface area contributed by atoms with Gasteiger partial charge in [0.1, 0.15) is 5.82 Å². The fourth-order valence-corrected chi connectivity index (χ4v) is 4.79. The summed E-state index contributed by atoms with van der Waals surface area (Å²) in [7, 11) is 0. The lowest BCUT2D eigenvalue weighted by atomic mass is 10.2. The molecule has 7 heteroatoms. The predicted octanol–water partition coefficient (Wildman–Crippen LogP) is 3.79. The SMILES string of the molecule is Cc1nnc(SCCCC(=O)N2CCN(Cc3ccccc3)CC2)n1-c1ccccc1. The first-order valence-electron chi connectivity index (χ1n) is 10.8. The van der Waals surface area contributed by atoms with E-state index in [0.29, 0.717) is 6.42 Å². The van der Waals surface area contributed by atoms with Gasteiger partial charge in [0.25, 0.3) is 0 Å². The van der Waals surface area contributed by atoms with Crippen molar-refractivity contribution >= 4 is 17.7 Å². The van der Waals surface area contributed by atoms with E-state index in [9.17, 15) is 4.79 Å². The fraction of sp³-hybridized carbons (Fsp3) is 0.375. The van der Waals surface area contributed by atoms with Crippen LogP contribution >= 0.6 is 11.8 Å². The van der Waals surface area contributed by atoms with E-state index in [1.54, 1.807) is 11.8 Å². The molecule has 1 saturated heterocycles. The lowest BCUT2D eigenvalue weighted by Gasteiger charge is -2.34. The molecule has 31 heavy (non-hydrogen) atoms. The Kier molecular flexibility index (Phi) is 7.38. The van der Waals surface area contributed by atoms with Gasteiger partial charge in [0, 0.05) is 50.6 Å². The van der Waals surface area contributed by atoms with Crippen molar-refractivity contribution in [3.63, 3.8) is 0 Å². The second-order valence-corrected chi connectivity index (χ2v) is 8.86. The molecule has 0 bridgehead atoms. The third kappa shape index (κ3) is 5.74. The maximum Gasteiger partial charge on any atom is 0.222 e. The molecular formula is C24H29N5OS. The summed E-state index contributed by atoms with van der Waals surface area (Å²) in [6, 6.07) is 20.7. The van der Waals surface area contributed by atoms with E-state index in [1.165, 1.54) is 5.56 Å². The molecule has 6 nitrogen and oxygen atoms in total. The van der Waals surface area contributed by atoms with Crippen molar-refractivity contribution < 1.29 is 4.79 Å². The van der Waals surface area contributed by atoms with Crippen molar-refractivity contribution in [3.05, 3.63) is 72.1 Å². The quantitative estimate of drug-likeness (QED) is 0.398. The summed E-state index contributed by atoms with van der Waals surface area (Å²) in [4.78, 5) is 17.1. The summed E-state index contributed by atoms with van der Waals surface area (Å²) in [6.07, 6.45) is 1.43. The molecule has 1 amide bonds. The van der Waals surface area contributed by atoms with Gasteiger partial charge in [-0.3, -0.25) is 14.3 Å². The number of amides is 1. The first-order valence-corrected chi connectivity index (χ1v) is 11.8. The number of thioether (sulfide) groups is 1. The van der Waals surface area contributed by atoms with Crippen LogP contribution in [0.3, 0.4) is 0 Å². The smallest absolute Gasteiger partial charge is 0.222 e. The molecule has 0 atom stereocenters. The predicted molar refractivity (Wildman–Crippen MR) is 124 cm³/mol. The molecule has 0 saturated carbocycles. The van der Waals surface area contributed by atoms with Crippen LogP contribution in [0.15, 0.2) is 65.8 Å². The summed E-state index contributed by atoms with van der Waals surface area (Å²) in [5.74, 6) is 1.99. The summed E-state index contributed by atoms with van der Waals surface area (Å²) in [5, 5.41) is 9.43. The second kappa shape index (κ2) is 10.6. The molecule has 0 radical (unpaired) electrons. The van der Waals surface area contributed by atoms with Crippen molar-refractivity contribution in [2.45, 2.75) is 31.5 Å². The molecule has 162 valence electrons. The lowest BCUT2D eigenvalue weighted by molar-refractivity contribution is -0.133. The van der Waals surface area contributed by atoms with Gasteiger partial charge in [-0.25, -0.2) is 0 Å². The number of benzene rings is 2. The molecule has 1 fully saturated rings. The van der Waals surface area contributed by atoms with Crippen LogP contribution in [0.25, 0.3) is 5.69 Å². The Bertz CT molecular complexity index is 968. The molecule has 0 unspecified atom stereocenters. The molecule has 2 aromatic carbocycles. The molecule has 3 aromatic rings. The summed E-state index contributed by atoms with van der Waals surface area (Å²) in [5.41, 5.74) is 2.40. The van der Waals surface area contributed by atoms with Crippen molar-refractivity contribution in [1.29, 1.82) is 0 Å². The van der Waals surface area contributed by atoms with Gasteiger partial charge in [-0.2, -0.15) is 0 Å². The monoisotopic (exact) mass is 435 g/mol. The van der Waals surface area contributed by atoms with Gasteiger partial charge >= 0.3 is 0 Å². The number of carbonyl (C=O) groups excluding carboxylic acids is 1. The van der Waals surface area contributed by atoms with Crippen LogP contribution in [-0.2, 0) is 11.3 Å². The normalized spacial score (nSPS) is 14.7. The molecular weight excluding hydrogens is 406 g/mol. The molecule has 2 heterocycles. The van der Waals surface area contributed by atoms with Crippen molar-refractivity contribution in [1.82, 2.24) is 24.6 Å².